The van der Waals surface area contributed by atoms with E-state index in [2.05, 4.69) is 19.9 Å². The number of carbonyl (C=O) groups is 1. The predicted molar refractivity (Wildman–Crippen MR) is 110 cm³/mol. The van der Waals surface area contributed by atoms with Crippen LogP contribution in [-0.4, -0.2) is 33.7 Å². The van der Waals surface area contributed by atoms with E-state index < -0.39 is 0 Å². The molecule has 4 nitrogen and oxygen atoms in total. The van der Waals surface area contributed by atoms with Gasteiger partial charge >= 0.3 is 0 Å². The van der Waals surface area contributed by atoms with Gasteiger partial charge in [0.25, 0.3) is 5.91 Å². The molecule has 0 fully saturated rings. The third-order valence-electron chi connectivity index (χ3n) is 4.52. The first kappa shape index (κ1) is 18.9. The first-order valence-electron chi connectivity index (χ1n) is 9.65. The van der Waals surface area contributed by atoms with E-state index in [1.165, 1.54) is 0 Å². The van der Waals surface area contributed by atoms with Crippen molar-refractivity contribution in [2.45, 2.75) is 33.6 Å². The molecule has 0 aliphatic rings. The molecule has 0 aliphatic carbocycles. The Balaban J connectivity index is 2.10. The van der Waals surface area contributed by atoms with Crippen LogP contribution in [0, 0.1) is 6.92 Å². The zero-order valence-corrected chi connectivity index (χ0v) is 16.4. The van der Waals surface area contributed by atoms with Crippen LogP contribution in [0.25, 0.3) is 16.9 Å². The Morgan fingerprint density at radius 1 is 0.963 bits per heavy atom. The highest BCUT2D eigenvalue weighted by atomic mass is 16.2. The van der Waals surface area contributed by atoms with Crippen LogP contribution in [0.2, 0.25) is 0 Å². The SMILES string of the molecule is CCCN(CCC)C(=O)c1cc(-c2ccccc2)nn1-c1cccc(C)c1. The lowest BCUT2D eigenvalue weighted by Crippen LogP contribution is -2.33. The van der Waals surface area contributed by atoms with E-state index in [0.29, 0.717) is 5.69 Å². The van der Waals surface area contributed by atoms with E-state index in [1.54, 1.807) is 4.68 Å². The largest absolute Gasteiger partial charge is 0.337 e. The molecule has 1 heterocycles. The van der Waals surface area contributed by atoms with Crippen molar-refractivity contribution in [3.8, 4) is 16.9 Å². The lowest BCUT2D eigenvalue weighted by atomic mass is 10.1. The number of hydrogen-bond donors (Lipinski definition) is 0. The van der Waals surface area contributed by atoms with Gasteiger partial charge in [0.2, 0.25) is 0 Å². The van der Waals surface area contributed by atoms with Crippen molar-refractivity contribution < 1.29 is 4.79 Å². The van der Waals surface area contributed by atoms with Gasteiger partial charge in [-0.1, -0.05) is 56.3 Å². The fraction of sp³-hybridized carbons (Fsp3) is 0.304. The van der Waals surface area contributed by atoms with E-state index in [9.17, 15) is 4.79 Å². The lowest BCUT2D eigenvalue weighted by molar-refractivity contribution is 0.0746. The van der Waals surface area contributed by atoms with Crippen molar-refractivity contribution in [1.82, 2.24) is 14.7 Å². The maximum atomic E-state index is 13.3. The molecule has 140 valence electrons. The first-order chi connectivity index (χ1) is 13.1. The van der Waals surface area contributed by atoms with E-state index in [0.717, 1.165) is 48.4 Å². The molecule has 0 radical (unpaired) electrons. The summed E-state index contributed by atoms with van der Waals surface area (Å²) in [4.78, 5) is 15.2. The van der Waals surface area contributed by atoms with Gasteiger partial charge < -0.3 is 4.90 Å². The monoisotopic (exact) mass is 361 g/mol. The molecule has 1 amide bonds. The Morgan fingerprint density at radius 2 is 1.67 bits per heavy atom. The standard InChI is InChI=1S/C23H27N3O/c1-4-14-25(15-5-2)23(27)22-17-21(19-11-7-6-8-12-19)24-26(22)20-13-9-10-18(3)16-20/h6-13,16-17H,4-5,14-15H2,1-3H3. The van der Waals surface area contributed by atoms with Gasteiger partial charge in [0.1, 0.15) is 5.69 Å². The number of carbonyl (C=O) groups excluding carboxylic acids is 1. The van der Waals surface area contributed by atoms with Crippen molar-refractivity contribution in [3.05, 3.63) is 71.9 Å². The molecule has 3 aromatic rings. The van der Waals surface area contributed by atoms with E-state index >= 15 is 0 Å². The summed E-state index contributed by atoms with van der Waals surface area (Å²) >= 11 is 0. The van der Waals surface area contributed by atoms with E-state index in [4.69, 9.17) is 5.10 Å². The van der Waals surface area contributed by atoms with Gasteiger partial charge in [-0.05, 0) is 43.5 Å². The average molecular weight is 361 g/mol. The van der Waals surface area contributed by atoms with Crippen molar-refractivity contribution >= 4 is 5.91 Å². The Morgan fingerprint density at radius 3 is 2.30 bits per heavy atom. The second-order valence-corrected chi connectivity index (χ2v) is 6.82. The molecule has 0 atom stereocenters. The van der Waals surface area contributed by atoms with Crippen LogP contribution in [0.1, 0.15) is 42.7 Å². The highest BCUT2D eigenvalue weighted by Crippen LogP contribution is 2.23. The Bertz CT molecular complexity index is 893. The summed E-state index contributed by atoms with van der Waals surface area (Å²) in [7, 11) is 0. The Labute approximate surface area is 161 Å². The van der Waals surface area contributed by atoms with Crippen LogP contribution in [0.3, 0.4) is 0 Å². The average Bonchev–Trinajstić information content (AvgIpc) is 3.13. The number of nitrogens with zero attached hydrogens (tertiary/aromatic N) is 3. The molecule has 0 spiro atoms. The Hall–Kier alpha value is -2.88. The number of rotatable bonds is 7. The third kappa shape index (κ3) is 4.27. The van der Waals surface area contributed by atoms with Crippen molar-refractivity contribution in [3.63, 3.8) is 0 Å². The maximum absolute atomic E-state index is 13.3. The summed E-state index contributed by atoms with van der Waals surface area (Å²) in [5, 5.41) is 4.78. The fourth-order valence-corrected chi connectivity index (χ4v) is 3.26. The summed E-state index contributed by atoms with van der Waals surface area (Å²) in [5.41, 5.74) is 4.49. The molecule has 0 N–H and O–H groups in total. The summed E-state index contributed by atoms with van der Waals surface area (Å²) in [6, 6.07) is 20.0. The number of aryl methyl sites for hydroxylation is 1. The van der Waals surface area contributed by atoms with Crippen LogP contribution < -0.4 is 0 Å². The molecular formula is C23H27N3O. The molecule has 3 rings (SSSR count). The number of benzene rings is 2. The van der Waals surface area contributed by atoms with Crippen molar-refractivity contribution in [2.75, 3.05) is 13.1 Å². The second-order valence-electron chi connectivity index (χ2n) is 6.82. The number of aromatic nitrogens is 2. The van der Waals surface area contributed by atoms with Crippen molar-refractivity contribution in [1.29, 1.82) is 0 Å². The van der Waals surface area contributed by atoms with Gasteiger partial charge in [-0.15, -0.1) is 0 Å². The van der Waals surface area contributed by atoms with Crippen LogP contribution in [0.5, 0.6) is 0 Å². The van der Waals surface area contributed by atoms with Gasteiger partial charge in [0.05, 0.1) is 11.4 Å². The minimum atomic E-state index is 0.0369. The fourth-order valence-electron chi connectivity index (χ4n) is 3.26. The summed E-state index contributed by atoms with van der Waals surface area (Å²) < 4.78 is 1.79. The van der Waals surface area contributed by atoms with Crippen LogP contribution in [0.4, 0.5) is 0 Å². The van der Waals surface area contributed by atoms with Gasteiger partial charge in [-0.3, -0.25) is 4.79 Å². The zero-order valence-electron chi connectivity index (χ0n) is 16.4. The molecular weight excluding hydrogens is 334 g/mol. The van der Waals surface area contributed by atoms with Gasteiger partial charge in [0, 0.05) is 18.7 Å². The summed E-state index contributed by atoms with van der Waals surface area (Å²) in [5.74, 6) is 0.0369. The smallest absolute Gasteiger partial charge is 0.272 e. The minimum absolute atomic E-state index is 0.0369. The second kappa shape index (κ2) is 8.67. The van der Waals surface area contributed by atoms with Crippen LogP contribution >= 0.6 is 0 Å². The third-order valence-corrected chi connectivity index (χ3v) is 4.52. The summed E-state index contributed by atoms with van der Waals surface area (Å²) in [6.45, 7) is 7.76. The van der Waals surface area contributed by atoms with Crippen LogP contribution in [0.15, 0.2) is 60.7 Å². The van der Waals surface area contributed by atoms with Crippen molar-refractivity contribution in [2.24, 2.45) is 0 Å². The van der Waals surface area contributed by atoms with Gasteiger partial charge in [-0.2, -0.15) is 5.10 Å². The quantitative estimate of drug-likeness (QED) is 0.586. The maximum Gasteiger partial charge on any atom is 0.272 e. The molecule has 0 bridgehead atoms. The van der Waals surface area contributed by atoms with Gasteiger partial charge in [0.15, 0.2) is 0 Å². The summed E-state index contributed by atoms with van der Waals surface area (Å²) in [6.07, 6.45) is 1.88. The Kier molecular flexibility index (Phi) is 6.07. The normalized spacial score (nSPS) is 10.8. The molecule has 0 saturated heterocycles. The first-order valence-corrected chi connectivity index (χ1v) is 9.65. The lowest BCUT2D eigenvalue weighted by Gasteiger charge is -2.21. The predicted octanol–water partition coefficient (Wildman–Crippen LogP) is 5.11. The molecule has 0 saturated carbocycles. The number of amides is 1. The molecule has 4 heteroatoms. The molecule has 27 heavy (non-hydrogen) atoms. The molecule has 0 unspecified atom stereocenters. The van der Waals surface area contributed by atoms with E-state index in [1.807, 2.05) is 66.4 Å². The molecule has 2 aromatic carbocycles. The highest BCUT2D eigenvalue weighted by molar-refractivity contribution is 5.94. The van der Waals surface area contributed by atoms with Gasteiger partial charge in [-0.25, -0.2) is 4.68 Å². The van der Waals surface area contributed by atoms with E-state index in [-0.39, 0.29) is 5.91 Å². The highest BCUT2D eigenvalue weighted by Gasteiger charge is 2.22. The molecule has 0 aliphatic heterocycles. The number of hydrogen-bond acceptors (Lipinski definition) is 2. The molecule has 1 aromatic heterocycles. The minimum Gasteiger partial charge on any atom is -0.337 e. The topological polar surface area (TPSA) is 38.1 Å². The zero-order chi connectivity index (χ0) is 19.2. The van der Waals surface area contributed by atoms with Crippen LogP contribution in [-0.2, 0) is 0 Å².